The fraction of sp³-hybridized carbons (Fsp3) is 0.667. The average Bonchev–Trinajstić information content (AvgIpc) is 2.50. The smallest absolute Gasteiger partial charge is 0.115 e. The molecule has 0 aliphatic rings. The van der Waals surface area contributed by atoms with Crippen molar-refractivity contribution in [3.8, 4) is 5.75 Å². The molecule has 1 N–H and O–H groups in total. The van der Waals surface area contributed by atoms with Crippen molar-refractivity contribution in [3.63, 3.8) is 0 Å². The molecule has 120 valence electrons. The molecule has 1 rings (SSSR count). The lowest BCUT2D eigenvalue weighted by molar-refractivity contribution is 0.475. The predicted molar refractivity (Wildman–Crippen MR) is 98.3 cm³/mol. The van der Waals surface area contributed by atoms with E-state index >= 15 is 0 Å². The van der Waals surface area contributed by atoms with E-state index in [-0.39, 0.29) is 0 Å². The summed E-state index contributed by atoms with van der Waals surface area (Å²) < 4.78 is 0. The van der Waals surface area contributed by atoms with E-state index in [2.05, 4.69) is 6.92 Å². The Morgan fingerprint density at radius 1 is 0.762 bits per heavy atom. The predicted octanol–water partition coefficient (Wildman–Crippen LogP) is 7.05. The Labute approximate surface area is 138 Å². The summed E-state index contributed by atoms with van der Waals surface area (Å²) in [6, 6.07) is 7.46. The second kappa shape index (κ2) is 13.4. The molecule has 0 fully saturated rings. The van der Waals surface area contributed by atoms with Crippen LogP contribution in [0.4, 0.5) is 0 Å². The minimum Gasteiger partial charge on any atom is -0.508 e. The monoisotopic (exact) mass is 326 g/mol. The summed E-state index contributed by atoms with van der Waals surface area (Å²) in [7, 11) is 3.74. The first-order valence-corrected chi connectivity index (χ1v) is 10.7. The molecule has 0 bridgehead atoms. The van der Waals surface area contributed by atoms with Crippen LogP contribution in [0.25, 0.3) is 0 Å². The first-order chi connectivity index (χ1) is 10.3. The van der Waals surface area contributed by atoms with E-state index in [1.807, 2.05) is 33.7 Å². The van der Waals surface area contributed by atoms with E-state index in [0.29, 0.717) is 5.75 Å². The molecule has 0 atom stereocenters. The number of aromatic hydroxyl groups is 1. The first kappa shape index (κ1) is 18.8. The van der Waals surface area contributed by atoms with E-state index in [4.69, 9.17) is 0 Å². The van der Waals surface area contributed by atoms with Gasteiger partial charge in [0.15, 0.2) is 0 Å². The van der Waals surface area contributed by atoms with Crippen LogP contribution in [0.1, 0.15) is 71.1 Å². The summed E-state index contributed by atoms with van der Waals surface area (Å²) in [4.78, 5) is 1.23. The molecule has 1 aromatic rings. The van der Waals surface area contributed by atoms with Crippen LogP contribution in [0, 0.1) is 0 Å². The van der Waals surface area contributed by atoms with Gasteiger partial charge in [-0.3, -0.25) is 0 Å². The van der Waals surface area contributed by atoms with Crippen LogP contribution >= 0.6 is 21.6 Å². The summed E-state index contributed by atoms with van der Waals surface area (Å²) in [5.41, 5.74) is 0. The number of rotatable bonds is 13. The second-order valence-electron chi connectivity index (χ2n) is 5.58. The van der Waals surface area contributed by atoms with Crippen molar-refractivity contribution in [2.45, 2.75) is 76.0 Å². The lowest BCUT2D eigenvalue weighted by Crippen LogP contribution is -1.83. The highest BCUT2D eigenvalue weighted by Crippen LogP contribution is 2.32. The Balaban J connectivity index is 1.81. The molecule has 0 heterocycles. The number of hydrogen-bond acceptors (Lipinski definition) is 3. The van der Waals surface area contributed by atoms with Crippen LogP contribution in [-0.2, 0) is 0 Å². The summed E-state index contributed by atoms with van der Waals surface area (Å²) in [6.45, 7) is 2.28. The van der Waals surface area contributed by atoms with Crippen LogP contribution < -0.4 is 0 Å². The van der Waals surface area contributed by atoms with Crippen molar-refractivity contribution in [1.29, 1.82) is 0 Å². The van der Waals surface area contributed by atoms with Gasteiger partial charge in [-0.1, -0.05) is 86.3 Å². The van der Waals surface area contributed by atoms with E-state index < -0.39 is 0 Å². The van der Waals surface area contributed by atoms with Crippen molar-refractivity contribution < 1.29 is 5.11 Å². The Bertz CT molecular complexity index is 338. The molecule has 3 heteroatoms. The molecule has 0 aliphatic heterocycles. The van der Waals surface area contributed by atoms with Gasteiger partial charge in [0.05, 0.1) is 0 Å². The molecule has 21 heavy (non-hydrogen) atoms. The quantitative estimate of drug-likeness (QED) is 0.310. The van der Waals surface area contributed by atoms with Crippen LogP contribution in [0.15, 0.2) is 29.2 Å². The number of benzene rings is 1. The van der Waals surface area contributed by atoms with Gasteiger partial charge in [0.2, 0.25) is 0 Å². The van der Waals surface area contributed by atoms with Crippen LogP contribution in [0.5, 0.6) is 5.75 Å². The van der Waals surface area contributed by atoms with Gasteiger partial charge in [0.25, 0.3) is 0 Å². The number of hydrogen-bond donors (Lipinski definition) is 1. The standard InChI is InChI=1S/C18H30OS2/c1-2-3-4-5-6-7-8-9-10-11-16-20-21-18-14-12-17(19)13-15-18/h12-15,19H,2-11,16H2,1H3. The maximum Gasteiger partial charge on any atom is 0.115 e. The molecule has 0 spiro atoms. The molecule has 0 saturated heterocycles. The van der Waals surface area contributed by atoms with Gasteiger partial charge in [-0.2, -0.15) is 0 Å². The molecule has 0 aliphatic carbocycles. The molecule has 1 aromatic carbocycles. The van der Waals surface area contributed by atoms with Gasteiger partial charge in [-0.25, -0.2) is 0 Å². The third-order valence-electron chi connectivity index (χ3n) is 3.57. The highest BCUT2D eigenvalue weighted by Gasteiger charge is 1.96. The van der Waals surface area contributed by atoms with Crippen LogP contribution in [0.3, 0.4) is 0 Å². The van der Waals surface area contributed by atoms with Crippen molar-refractivity contribution in [2.75, 3.05) is 5.75 Å². The summed E-state index contributed by atoms with van der Waals surface area (Å²) >= 11 is 0. The largest absolute Gasteiger partial charge is 0.508 e. The summed E-state index contributed by atoms with van der Waals surface area (Å²) in [6.07, 6.45) is 14.0. The molecule has 0 amide bonds. The second-order valence-corrected chi connectivity index (χ2v) is 8.07. The van der Waals surface area contributed by atoms with E-state index in [1.165, 1.54) is 74.9 Å². The zero-order chi connectivity index (χ0) is 15.2. The first-order valence-electron chi connectivity index (χ1n) is 8.41. The van der Waals surface area contributed by atoms with Crippen LogP contribution in [-0.4, -0.2) is 10.9 Å². The molecule has 0 unspecified atom stereocenters. The molecular formula is C18H30OS2. The Hall–Kier alpha value is -0.280. The maximum atomic E-state index is 9.21. The third kappa shape index (κ3) is 11.0. The zero-order valence-corrected chi connectivity index (χ0v) is 15.0. The van der Waals surface area contributed by atoms with Gasteiger partial charge in [0, 0.05) is 10.6 Å². The lowest BCUT2D eigenvalue weighted by Gasteiger charge is -2.03. The Morgan fingerprint density at radius 2 is 1.29 bits per heavy atom. The highest BCUT2D eigenvalue weighted by molar-refractivity contribution is 8.76. The maximum absolute atomic E-state index is 9.21. The highest BCUT2D eigenvalue weighted by atomic mass is 33.1. The van der Waals surface area contributed by atoms with Gasteiger partial charge in [-0.15, -0.1) is 0 Å². The fourth-order valence-corrected chi connectivity index (χ4v) is 4.39. The van der Waals surface area contributed by atoms with Crippen molar-refractivity contribution in [1.82, 2.24) is 0 Å². The van der Waals surface area contributed by atoms with E-state index in [0.717, 1.165) is 0 Å². The molecule has 0 radical (unpaired) electrons. The number of unbranched alkanes of at least 4 members (excludes halogenated alkanes) is 9. The van der Waals surface area contributed by atoms with Gasteiger partial charge < -0.3 is 5.11 Å². The fourth-order valence-electron chi connectivity index (χ4n) is 2.26. The van der Waals surface area contributed by atoms with Gasteiger partial charge in [0.1, 0.15) is 5.75 Å². The van der Waals surface area contributed by atoms with E-state index in [9.17, 15) is 5.11 Å². The minimum absolute atomic E-state index is 0.346. The van der Waals surface area contributed by atoms with Crippen molar-refractivity contribution >= 4 is 21.6 Å². The topological polar surface area (TPSA) is 20.2 Å². The minimum atomic E-state index is 0.346. The van der Waals surface area contributed by atoms with Crippen LogP contribution in [0.2, 0.25) is 0 Å². The SMILES string of the molecule is CCCCCCCCCCCCSSc1ccc(O)cc1. The van der Waals surface area contributed by atoms with Crippen molar-refractivity contribution in [3.05, 3.63) is 24.3 Å². The van der Waals surface area contributed by atoms with E-state index in [1.54, 1.807) is 12.1 Å². The molecule has 0 aromatic heterocycles. The third-order valence-corrected chi connectivity index (χ3v) is 6.04. The molecule has 1 nitrogen and oxygen atoms in total. The number of phenols is 1. The average molecular weight is 327 g/mol. The summed E-state index contributed by atoms with van der Waals surface area (Å²) in [5.74, 6) is 1.57. The molecule has 0 saturated carbocycles. The number of phenolic OH excluding ortho intramolecular Hbond substituents is 1. The molecular weight excluding hydrogens is 296 g/mol. The lowest BCUT2D eigenvalue weighted by atomic mass is 10.1. The van der Waals surface area contributed by atoms with Gasteiger partial charge in [-0.05, 0) is 30.7 Å². The normalized spacial score (nSPS) is 10.9. The van der Waals surface area contributed by atoms with Gasteiger partial charge >= 0.3 is 0 Å². The summed E-state index contributed by atoms with van der Waals surface area (Å²) in [5, 5.41) is 9.21. The Kier molecular flexibility index (Phi) is 12.0. The zero-order valence-electron chi connectivity index (χ0n) is 13.4. The Morgan fingerprint density at radius 3 is 1.86 bits per heavy atom. The van der Waals surface area contributed by atoms with Crippen molar-refractivity contribution in [2.24, 2.45) is 0 Å².